The van der Waals surface area contributed by atoms with Crippen molar-refractivity contribution in [2.75, 3.05) is 20.8 Å². The van der Waals surface area contributed by atoms with Crippen LogP contribution in [0.25, 0.3) is 0 Å². The van der Waals surface area contributed by atoms with Gasteiger partial charge in [-0.1, -0.05) is 0 Å². The van der Waals surface area contributed by atoms with E-state index in [1.807, 2.05) is 0 Å². The van der Waals surface area contributed by atoms with Gasteiger partial charge in [-0.15, -0.1) is 0 Å². The van der Waals surface area contributed by atoms with Gasteiger partial charge in [0.25, 0.3) is 0 Å². The first-order chi connectivity index (χ1) is 5.27. The largest absolute Gasteiger partial charge is 0.382 e. The molecule has 1 fully saturated rings. The van der Waals surface area contributed by atoms with Crippen molar-refractivity contribution in [2.24, 2.45) is 0 Å². The molecule has 3 nitrogen and oxygen atoms in total. The van der Waals surface area contributed by atoms with E-state index in [4.69, 9.17) is 14.2 Å². The van der Waals surface area contributed by atoms with Gasteiger partial charge in [-0.2, -0.15) is 0 Å². The minimum absolute atomic E-state index is 0.125. The highest BCUT2D eigenvalue weighted by Gasteiger charge is 2.32. The van der Waals surface area contributed by atoms with Crippen LogP contribution in [0.15, 0.2) is 0 Å². The first kappa shape index (κ1) is 8.97. The molecule has 0 N–H and O–H groups in total. The van der Waals surface area contributed by atoms with Crippen molar-refractivity contribution in [3.63, 3.8) is 0 Å². The smallest absolute Gasteiger partial charge is 0.107 e. The lowest BCUT2D eigenvalue weighted by Gasteiger charge is -2.15. The molecule has 1 saturated heterocycles. The van der Waals surface area contributed by atoms with Crippen LogP contribution in [0, 0.1) is 0 Å². The maximum Gasteiger partial charge on any atom is 0.107 e. The van der Waals surface area contributed by atoms with E-state index >= 15 is 0 Å². The van der Waals surface area contributed by atoms with Gasteiger partial charge < -0.3 is 14.2 Å². The summed E-state index contributed by atoms with van der Waals surface area (Å²) in [6, 6.07) is 0. The lowest BCUT2D eigenvalue weighted by atomic mass is 10.1. The van der Waals surface area contributed by atoms with Crippen molar-refractivity contribution in [2.45, 2.75) is 31.7 Å². The summed E-state index contributed by atoms with van der Waals surface area (Å²) in [5, 5.41) is 0. The van der Waals surface area contributed by atoms with Gasteiger partial charge in [0.05, 0.1) is 18.8 Å². The highest BCUT2D eigenvalue weighted by molar-refractivity contribution is 4.80. The summed E-state index contributed by atoms with van der Waals surface area (Å²) >= 11 is 0. The fraction of sp³-hybridized carbons (Fsp3) is 1.00. The molecule has 1 heterocycles. The molecule has 1 rings (SSSR count). The standard InChI is InChI=1S/C8H16O3/c1-6-4-7(10-3)8(11-6)5-9-2/h6-8H,4-5H2,1-3H3/t6-,7?,8-/m1/s1. The Hall–Kier alpha value is -0.120. The lowest BCUT2D eigenvalue weighted by Crippen LogP contribution is -2.27. The van der Waals surface area contributed by atoms with Gasteiger partial charge in [-0.25, -0.2) is 0 Å². The van der Waals surface area contributed by atoms with E-state index in [1.54, 1.807) is 14.2 Å². The molecule has 1 aliphatic rings. The molecule has 0 amide bonds. The average Bonchev–Trinajstić information content (AvgIpc) is 2.32. The zero-order valence-electron chi connectivity index (χ0n) is 7.37. The Balaban J connectivity index is 2.37. The number of rotatable bonds is 3. The predicted molar refractivity (Wildman–Crippen MR) is 41.6 cm³/mol. The molecule has 0 aromatic heterocycles. The predicted octanol–water partition coefficient (Wildman–Crippen LogP) is 0.825. The second-order valence-electron chi connectivity index (χ2n) is 2.95. The van der Waals surface area contributed by atoms with Crippen LogP contribution >= 0.6 is 0 Å². The summed E-state index contributed by atoms with van der Waals surface area (Å²) in [5.41, 5.74) is 0. The lowest BCUT2D eigenvalue weighted by molar-refractivity contribution is -0.0404. The quantitative estimate of drug-likeness (QED) is 0.612. The van der Waals surface area contributed by atoms with E-state index < -0.39 is 0 Å². The molecule has 0 aromatic carbocycles. The molecule has 0 radical (unpaired) electrons. The number of methoxy groups -OCH3 is 2. The third-order valence-corrected chi connectivity index (χ3v) is 2.02. The highest BCUT2D eigenvalue weighted by atomic mass is 16.6. The van der Waals surface area contributed by atoms with Crippen LogP contribution in [0.2, 0.25) is 0 Å². The van der Waals surface area contributed by atoms with Gasteiger partial charge in [0.2, 0.25) is 0 Å². The summed E-state index contributed by atoms with van der Waals surface area (Å²) < 4.78 is 15.8. The van der Waals surface area contributed by atoms with Crippen LogP contribution in [0.1, 0.15) is 13.3 Å². The molecule has 3 atom stereocenters. The van der Waals surface area contributed by atoms with Crippen LogP contribution in [-0.4, -0.2) is 39.1 Å². The normalized spacial score (nSPS) is 37.9. The van der Waals surface area contributed by atoms with Crippen molar-refractivity contribution in [1.29, 1.82) is 0 Å². The summed E-state index contributed by atoms with van der Waals surface area (Å²) in [4.78, 5) is 0. The van der Waals surface area contributed by atoms with Crippen LogP contribution < -0.4 is 0 Å². The van der Waals surface area contributed by atoms with Gasteiger partial charge in [-0.05, 0) is 6.92 Å². The molecule has 11 heavy (non-hydrogen) atoms. The van der Waals surface area contributed by atoms with Crippen molar-refractivity contribution in [1.82, 2.24) is 0 Å². The summed E-state index contributed by atoms with van der Waals surface area (Å²) in [6.45, 7) is 2.69. The molecule has 0 aliphatic carbocycles. The van der Waals surface area contributed by atoms with E-state index in [2.05, 4.69) is 6.92 Å². The number of ether oxygens (including phenoxy) is 3. The Labute approximate surface area is 67.6 Å². The monoisotopic (exact) mass is 160 g/mol. The van der Waals surface area contributed by atoms with E-state index in [1.165, 1.54) is 0 Å². The van der Waals surface area contributed by atoms with Gasteiger partial charge in [-0.3, -0.25) is 0 Å². The SMILES string of the molecule is COC[C@H]1O[C@H](C)CC1OC. The summed E-state index contributed by atoms with van der Waals surface area (Å²) in [7, 11) is 3.40. The molecular formula is C8H16O3. The Kier molecular flexibility index (Phi) is 3.30. The fourth-order valence-corrected chi connectivity index (χ4v) is 1.48. The average molecular weight is 160 g/mol. The maximum atomic E-state index is 5.56. The molecule has 0 aromatic rings. The van der Waals surface area contributed by atoms with Crippen molar-refractivity contribution < 1.29 is 14.2 Å². The van der Waals surface area contributed by atoms with Gasteiger partial charge in [0.15, 0.2) is 0 Å². The molecule has 0 spiro atoms. The Morgan fingerprint density at radius 3 is 2.73 bits per heavy atom. The van der Waals surface area contributed by atoms with Crippen LogP contribution in [0.5, 0.6) is 0 Å². The van der Waals surface area contributed by atoms with Crippen molar-refractivity contribution in [3.8, 4) is 0 Å². The topological polar surface area (TPSA) is 27.7 Å². The van der Waals surface area contributed by atoms with Crippen molar-refractivity contribution >= 4 is 0 Å². The third-order valence-electron chi connectivity index (χ3n) is 2.02. The Bertz CT molecular complexity index is 116. The Morgan fingerprint density at radius 2 is 2.18 bits per heavy atom. The van der Waals surface area contributed by atoms with Crippen LogP contribution in [-0.2, 0) is 14.2 Å². The Morgan fingerprint density at radius 1 is 1.45 bits per heavy atom. The number of hydrogen-bond donors (Lipinski definition) is 0. The fourth-order valence-electron chi connectivity index (χ4n) is 1.48. The molecule has 1 unspecified atom stereocenters. The zero-order valence-corrected chi connectivity index (χ0v) is 7.37. The molecule has 0 bridgehead atoms. The van der Waals surface area contributed by atoms with Crippen molar-refractivity contribution in [3.05, 3.63) is 0 Å². The molecule has 1 aliphatic heterocycles. The van der Waals surface area contributed by atoms with Crippen LogP contribution in [0.4, 0.5) is 0 Å². The highest BCUT2D eigenvalue weighted by Crippen LogP contribution is 2.22. The van der Waals surface area contributed by atoms with E-state index in [0.29, 0.717) is 12.7 Å². The minimum atomic E-state index is 0.125. The van der Waals surface area contributed by atoms with E-state index in [-0.39, 0.29) is 12.2 Å². The third kappa shape index (κ3) is 2.15. The summed E-state index contributed by atoms with van der Waals surface area (Å²) in [5.74, 6) is 0. The molecule has 0 saturated carbocycles. The summed E-state index contributed by atoms with van der Waals surface area (Å²) in [6.07, 6.45) is 1.62. The zero-order chi connectivity index (χ0) is 8.27. The molecule has 66 valence electrons. The van der Waals surface area contributed by atoms with E-state index in [9.17, 15) is 0 Å². The first-order valence-corrected chi connectivity index (χ1v) is 3.95. The van der Waals surface area contributed by atoms with Gasteiger partial charge >= 0.3 is 0 Å². The maximum absolute atomic E-state index is 5.56. The van der Waals surface area contributed by atoms with Crippen LogP contribution in [0.3, 0.4) is 0 Å². The van der Waals surface area contributed by atoms with E-state index in [0.717, 1.165) is 6.42 Å². The molecular weight excluding hydrogens is 144 g/mol. The second-order valence-corrected chi connectivity index (χ2v) is 2.95. The van der Waals surface area contributed by atoms with Gasteiger partial charge in [0.1, 0.15) is 6.10 Å². The van der Waals surface area contributed by atoms with Gasteiger partial charge in [0, 0.05) is 20.6 Å². The minimum Gasteiger partial charge on any atom is -0.382 e. The second kappa shape index (κ2) is 4.04. The molecule has 3 heteroatoms. The number of hydrogen-bond acceptors (Lipinski definition) is 3. The first-order valence-electron chi connectivity index (χ1n) is 3.95.